The highest BCUT2D eigenvalue weighted by atomic mass is 35.5. The molecule has 1 atom stereocenters. The van der Waals surface area contributed by atoms with Crippen LogP contribution in [0.5, 0.6) is 11.6 Å². The zero-order valence-electron chi connectivity index (χ0n) is 13.4. The molecule has 0 bridgehead atoms. The number of rotatable bonds is 5. The summed E-state index contributed by atoms with van der Waals surface area (Å²) in [7, 11) is 0. The Kier molecular flexibility index (Phi) is 5.94. The lowest BCUT2D eigenvalue weighted by atomic mass is 10.1. The highest BCUT2D eigenvalue weighted by Crippen LogP contribution is 2.27. The number of carbonyl (C=O) groups excluding carboxylic acids is 1. The molecule has 1 aromatic heterocycles. The SMILES string of the molecule is O=C(COc1ccc(Cl)cc1Cl)N1CCCC(Oc2cnccn2)C1. The van der Waals surface area contributed by atoms with Crippen LogP contribution in [-0.4, -0.2) is 46.6 Å². The zero-order valence-corrected chi connectivity index (χ0v) is 14.9. The number of ether oxygens (including phenoxy) is 2. The van der Waals surface area contributed by atoms with Gasteiger partial charge in [0.25, 0.3) is 5.91 Å². The van der Waals surface area contributed by atoms with Crippen molar-refractivity contribution in [1.29, 1.82) is 0 Å². The summed E-state index contributed by atoms with van der Waals surface area (Å²) >= 11 is 11.9. The lowest BCUT2D eigenvalue weighted by molar-refractivity contribution is -0.136. The number of carbonyl (C=O) groups is 1. The smallest absolute Gasteiger partial charge is 0.260 e. The van der Waals surface area contributed by atoms with Gasteiger partial charge in [-0.2, -0.15) is 0 Å². The quantitative estimate of drug-likeness (QED) is 0.795. The molecule has 0 radical (unpaired) electrons. The fourth-order valence-corrected chi connectivity index (χ4v) is 3.06. The molecule has 6 nitrogen and oxygen atoms in total. The van der Waals surface area contributed by atoms with Crippen LogP contribution in [0.1, 0.15) is 12.8 Å². The molecule has 3 rings (SSSR count). The molecule has 25 heavy (non-hydrogen) atoms. The van der Waals surface area contributed by atoms with E-state index in [1.165, 1.54) is 0 Å². The maximum absolute atomic E-state index is 12.4. The predicted molar refractivity (Wildman–Crippen MR) is 94.2 cm³/mol. The molecule has 1 fully saturated rings. The molecule has 1 amide bonds. The van der Waals surface area contributed by atoms with Gasteiger partial charge < -0.3 is 14.4 Å². The molecule has 2 aromatic rings. The standard InChI is InChI=1S/C17H17Cl2N3O3/c18-12-3-4-15(14(19)8-12)24-11-17(23)22-7-1-2-13(10-22)25-16-9-20-5-6-21-16/h3-6,8-9,13H,1-2,7,10-11H2. The average molecular weight is 382 g/mol. The van der Waals surface area contributed by atoms with Crippen molar-refractivity contribution in [3.8, 4) is 11.6 Å². The van der Waals surface area contributed by atoms with E-state index in [1.54, 1.807) is 41.7 Å². The first-order valence-corrected chi connectivity index (χ1v) is 8.66. The van der Waals surface area contributed by atoms with Crippen LogP contribution in [0.15, 0.2) is 36.8 Å². The van der Waals surface area contributed by atoms with Gasteiger partial charge in [0.1, 0.15) is 11.9 Å². The van der Waals surface area contributed by atoms with Crippen LogP contribution in [0.4, 0.5) is 0 Å². The van der Waals surface area contributed by atoms with Crippen molar-refractivity contribution >= 4 is 29.1 Å². The predicted octanol–water partition coefficient (Wildman–Crippen LogP) is 3.23. The Morgan fingerprint density at radius 2 is 2.20 bits per heavy atom. The molecular weight excluding hydrogens is 365 g/mol. The molecular formula is C17H17Cl2N3O3. The number of hydrogen-bond acceptors (Lipinski definition) is 5. The number of likely N-dealkylation sites (tertiary alicyclic amines) is 1. The molecule has 2 heterocycles. The molecule has 132 valence electrons. The lowest BCUT2D eigenvalue weighted by Gasteiger charge is -2.32. The van der Waals surface area contributed by atoms with E-state index in [4.69, 9.17) is 32.7 Å². The van der Waals surface area contributed by atoms with Crippen LogP contribution < -0.4 is 9.47 Å². The molecule has 1 aromatic carbocycles. The van der Waals surface area contributed by atoms with Gasteiger partial charge in [0.2, 0.25) is 5.88 Å². The number of aromatic nitrogens is 2. The third kappa shape index (κ3) is 4.96. The summed E-state index contributed by atoms with van der Waals surface area (Å²) in [6.07, 6.45) is 6.34. The molecule has 1 aliphatic rings. The van der Waals surface area contributed by atoms with Crippen molar-refractivity contribution in [2.45, 2.75) is 18.9 Å². The first-order valence-electron chi connectivity index (χ1n) is 7.90. The molecule has 1 unspecified atom stereocenters. The third-order valence-electron chi connectivity index (χ3n) is 3.80. The van der Waals surface area contributed by atoms with E-state index < -0.39 is 0 Å². The van der Waals surface area contributed by atoms with Gasteiger partial charge in [0.15, 0.2) is 6.61 Å². The first-order chi connectivity index (χ1) is 12.1. The second-order valence-corrected chi connectivity index (χ2v) is 6.47. The first kappa shape index (κ1) is 17.8. The van der Waals surface area contributed by atoms with Crippen LogP contribution in [0.25, 0.3) is 0 Å². The summed E-state index contributed by atoms with van der Waals surface area (Å²) in [5, 5.41) is 0.895. The zero-order chi connectivity index (χ0) is 17.6. The van der Waals surface area contributed by atoms with Crippen LogP contribution in [0.2, 0.25) is 10.0 Å². The second-order valence-electron chi connectivity index (χ2n) is 5.63. The fourth-order valence-electron chi connectivity index (χ4n) is 2.60. The Hall–Kier alpha value is -2.05. The molecule has 0 N–H and O–H groups in total. The minimum Gasteiger partial charge on any atom is -0.482 e. The summed E-state index contributed by atoms with van der Waals surface area (Å²) in [4.78, 5) is 22.2. The number of benzene rings is 1. The summed E-state index contributed by atoms with van der Waals surface area (Å²) < 4.78 is 11.3. The van der Waals surface area contributed by atoms with Gasteiger partial charge in [-0.25, -0.2) is 4.98 Å². The molecule has 0 aliphatic carbocycles. The topological polar surface area (TPSA) is 64.5 Å². The van der Waals surface area contributed by atoms with Crippen LogP contribution in [0.3, 0.4) is 0 Å². The highest BCUT2D eigenvalue weighted by Gasteiger charge is 2.25. The summed E-state index contributed by atoms with van der Waals surface area (Å²) in [5.41, 5.74) is 0. The second kappa shape index (κ2) is 8.36. The Balaban J connectivity index is 1.53. The van der Waals surface area contributed by atoms with Gasteiger partial charge in [-0.1, -0.05) is 23.2 Å². The molecule has 8 heteroatoms. The van der Waals surface area contributed by atoms with Crippen molar-refractivity contribution in [3.63, 3.8) is 0 Å². The molecule has 1 saturated heterocycles. The minimum atomic E-state index is -0.113. The average Bonchev–Trinajstić information content (AvgIpc) is 2.62. The van der Waals surface area contributed by atoms with Gasteiger partial charge in [0.05, 0.1) is 17.8 Å². The normalized spacial score (nSPS) is 17.2. The lowest BCUT2D eigenvalue weighted by Crippen LogP contribution is -2.46. The van der Waals surface area contributed by atoms with Crippen LogP contribution in [0, 0.1) is 0 Å². The molecule has 0 spiro atoms. The van der Waals surface area contributed by atoms with Gasteiger partial charge in [-0.3, -0.25) is 9.78 Å². The van der Waals surface area contributed by atoms with Gasteiger partial charge >= 0.3 is 0 Å². The van der Waals surface area contributed by atoms with Crippen LogP contribution in [-0.2, 0) is 4.79 Å². The monoisotopic (exact) mass is 381 g/mol. The van der Waals surface area contributed by atoms with Crippen molar-refractivity contribution in [2.24, 2.45) is 0 Å². The summed E-state index contributed by atoms with van der Waals surface area (Å²) in [6.45, 7) is 1.09. The summed E-state index contributed by atoms with van der Waals surface area (Å²) in [6, 6.07) is 4.89. The van der Waals surface area contributed by atoms with E-state index in [9.17, 15) is 4.79 Å². The molecule has 1 aliphatic heterocycles. The fraction of sp³-hybridized carbons (Fsp3) is 0.353. The van der Waals surface area contributed by atoms with Crippen molar-refractivity contribution in [1.82, 2.24) is 14.9 Å². The third-order valence-corrected chi connectivity index (χ3v) is 4.33. The number of hydrogen-bond donors (Lipinski definition) is 0. The Bertz CT molecular complexity index is 730. The van der Waals surface area contributed by atoms with E-state index in [1.807, 2.05) is 0 Å². The Labute approximate surface area is 155 Å². The van der Waals surface area contributed by atoms with E-state index in [0.717, 1.165) is 12.8 Å². The molecule has 0 saturated carbocycles. The highest BCUT2D eigenvalue weighted by molar-refractivity contribution is 6.35. The van der Waals surface area contributed by atoms with E-state index in [2.05, 4.69) is 9.97 Å². The maximum Gasteiger partial charge on any atom is 0.260 e. The maximum atomic E-state index is 12.4. The van der Waals surface area contributed by atoms with E-state index in [0.29, 0.717) is 34.8 Å². The van der Waals surface area contributed by atoms with Gasteiger partial charge in [-0.15, -0.1) is 0 Å². The number of amides is 1. The Morgan fingerprint density at radius 1 is 1.32 bits per heavy atom. The van der Waals surface area contributed by atoms with Crippen LogP contribution >= 0.6 is 23.2 Å². The Morgan fingerprint density at radius 3 is 2.96 bits per heavy atom. The van der Waals surface area contributed by atoms with Crippen molar-refractivity contribution in [2.75, 3.05) is 19.7 Å². The minimum absolute atomic E-state index is 0.0841. The largest absolute Gasteiger partial charge is 0.482 e. The van der Waals surface area contributed by atoms with Gasteiger partial charge in [0, 0.05) is 24.0 Å². The number of nitrogens with zero attached hydrogens (tertiary/aromatic N) is 3. The van der Waals surface area contributed by atoms with E-state index in [-0.39, 0.29) is 18.6 Å². The summed E-state index contributed by atoms with van der Waals surface area (Å²) in [5.74, 6) is 0.785. The van der Waals surface area contributed by atoms with Crippen molar-refractivity contribution in [3.05, 3.63) is 46.8 Å². The van der Waals surface area contributed by atoms with Crippen molar-refractivity contribution < 1.29 is 14.3 Å². The van der Waals surface area contributed by atoms with Gasteiger partial charge in [-0.05, 0) is 31.0 Å². The number of piperidine rings is 1. The number of halogens is 2. The van der Waals surface area contributed by atoms with E-state index >= 15 is 0 Å².